The molecule has 0 aliphatic rings. The number of nitrogens with zero attached hydrogens (tertiary/aromatic N) is 4. The Morgan fingerprint density at radius 2 is 2.50 bits per heavy atom. The molecule has 5 nitrogen and oxygen atoms in total. The van der Waals surface area contributed by atoms with Crippen LogP contribution in [0.1, 0.15) is 17.5 Å². The van der Waals surface area contributed by atoms with E-state index in [-0.39, 0.29) is 0 Å². The van der Waals surface area contributed by atoms with Crippen LogP contribution in [-0.4, -0.2) is 25.3 Å². The standard InChI is InChI=1S/C8H10N4OS/c1-12-10-8(9-11-12)4-7(13)6-2-3-14-5-6/h2-3,5,7,13H,4H2,1H3. The number of aromatic nitrogens is 4. The van der Waals surface area contributed by atoms with Gasteiger partial charge < -0.3 is 5.11 Å². The molecule has 0 amide bonds. The summed E-state index contributed by atoms with van der Waals surface area (Å²) in [6.07, 6.45) is -0.129. The topological polar surface area (TPSA) is 63.8 Å². The molecule has 0 fully saturated rings. The SMILES string of the molecule is Cn1nnc(CC(O)c2ccsc2)n1. The molecule has 74 valence electrons. The third-order valence-corrected chi connectivity index (χ3v) is 2.56. The fraction of sp³-hybridized carbons (Fsp3) is 0.375. The van der Waals surface area contributed by atoms with Crippen molar-refractivity contribution in [2.45, 2.75) is 12.5 Å². The van der Waals surface area contributed by atoms with Gasteiger partial charge in [-0.25, -0.2) is 0 Å². The summed E-state index contributed by atoms with van der Waals surface area (Å²) in [5.41, 5.74) is 0.905. The highest BCUT2D eigenvalue weighted by molar-refractivity contribution is 7.07. The summed E-state index contributed by atoms with van der Waals surface area (Å²) in [7, 11) is 1.70. The number of aryl methyl sites for hydroxylation is 1. The predicted molar refractivity (Wildman–Crippen MR) is 51.8 cm³/mol. The van der Waals surface area contributed by atoms with Crippen molar-refractivity contribution in [3.05, 3.63) is 28.2 Å². The zero-order chi connectivity index (χ0) is 9.97. The third kappa shape index (κ3) is 1.97. The van der Waals surface area contributed by atoms with Crippen molar-refractivity contribution < 1.29 is 5.11 Å². The predicted octanol–water partition coefficient (Wildman–Crippen LogP) is 0.548. The molecule has 2 aromatic rings. The van der Waals surface area contributed by atoms with E-state index < -0.39 is 6.10 Å². The summed E-state index contributed by atoms with van der Waals surface area (Å²) >= 11 is 1.56. The summed E-state index contributed by atoms with van der Waals surface area (Å²) < 4.78 is 0. The van der Waals surface area contributed by atoms with Crippen molar-refractivity contribution in [3.63, 3.8) is 0 Å². The molecule has 2 rings (SSSR count). The summed E-state index contributed by atoms with van der Waals surface area (Å²) in [6.45, 7) is 0. The summed E-state index contributed by atoms with van der Waals surface area (Å²) in [5, 5.41) is 25.1. The highest BCUT2D eigenvalue weighted by atomic mass is 32.1. The molecule has 0 aliphatic heterocycles. The van der Waals surface area contributed by atoms with E-state index >= 15 is 0 Å². The van der Waals surface area contributed by atoms with Gasteiger partial charge in [0.05, 0.1) is 13.2 Å². The van der Waals surface area contributed by atoms with Crippen molar-refractivity contribution in [3.8, 4) is 0 Å². The lowest BCUT2D eigenvalue weighted by Crippen LogP contribution is -2.02. The lowest BCUT2D eigenvalue weighted by Gasteiger charge is -2.04. The van der Waals surface area contributed by atoms with E-state index in [0.717, 1.165) is 5.56 Å². The third-order valence-electron chi connectivity index (χ3n) is 1.85. The van der Waals surface area contributed by atoms with Crippen LogP contribution in [0.25, 0.3) is 0 Å². The van der Waals surface area contributed by atoms with Crippen LogP contribution < -0.4 is 0 Å². The summed E-state index contributed by atoms with van der Waals surface area (Å²) in [6, 6.07) is 1.89. The first-order valence-corrected chi connectivity index (χ1v) is 5.13. The van der Waals surface area contributed by atoms with Gasteiger partial charge in [0.15, 0.2) is 5.82 Å². The monoisotopic (exact) mass is 210 g/mol. The number of hydrogen-bond acceptors (Lipinski definition) is 5. The number of hydrogen-bond donors (Lipinski definition) is 1. The molecule has 0 saturated heterocycles. The number of thiophene rings is 1. The second-order valence-electron chi connectivity index (χ2n) is 2.97. The van der Waals surface area contributed by atoms with E-state index in [2.05, 4.69) is 15.4 Å². The molecule has 2 aromatic heterocycles. The largest absolute Gasteiger partial charge is 0.388 e. The van der Waals surface area contributed by atoms with Gasteiger partial charge in [0.1, 0.15) is 0 Å². The van der Waals surface area contributed by atoms with E-state index in [1.165, 1.54) is 4.80 Å². The van der Waals surface area contributed by atoms with E-state index in [9.17, 15) is 5.11 Å². The molecule has 0 spiro atoms. The average Bonchev–Trinajstić information content (AvgIpc) is 2.75. The van der Waals surface area contributed by atoms with Crippen LogP contribution in [0.5, 0.6) is 0 Å². The second kappa shape index (κ2) is 3.85. The van der Waals surface area contributed by atoms with Crippen molar-refractivity contribution in [1.29, 1.82) is 0 Å². The Labute approximate surface area is 85.0 Å². The van der Waals surface area contributed by atoms with Gasteiger partial charge in [-0.15, -0.1) is 10.2 Å². The van der Waals surface area contributed by atoms with Gasteiger partial charge in [-0.05, 0) is 27.6 Å². The normalized spacial score (nSPS) is 13.0. The quantitative estimate of drug-likeness (QED) is 0.803. The molecular weight excluding hydrogens is 200 g/mol. The Balaban J connectivity index is 2.05. The van der Waals surface area contributed by atoms with Crippen molar-refractivity contribution in [2.75, 3.05) is 0 Å². The van der Waals surface area contributed by atoms with Crippen LogP contribution >= 0.6 is 11.3 Å². The molecule has 0 aromatic carbocycles. The molecule has 1 unspecified atom stereocenters. The van der Waals surface area contributed by atoms with Gasteiger partial charge in [0.2, 0.25) is 0 Å². The van der Waals surface area contributed by atoms with E-state index in [4.69, 9.17) is 0 Å². The van der Waals surface area contributed by atoms with Gasteiger partial charge in [0.25, 0.3) is 0 Å². The molecule has 1 atom stereocenters. The van der Waals surface area contributed by atoms with Crippen LogP contribution in [0.2, 0.25) is 0 Å². The van der Waals surface area contributed by atoms with E-state index in [1.54, 1.807) is 18.4 Å². The van der Waals surface area contributed by atoms with Gasteiger partial charge in [-0.2, -0.15) is 16.1 Å². The van der Waals surface area contributed by atoms with Gasteiger partial charge in [0, 0.05) is 6.42 Å². The van der Waals surface area contributed by atoms with Crippen molar-refractivity contribution >= 4 is 11.3 Å². The highest BCUT2D eigenvalue weighted by Crippen LogP contribution is 2.18. The van der Waals surface area contributed by atoms with E-state index in [0.29, 0.717) is 12.2 Å². The zero-order valence-electron chi connectivity index (χ0n) is 7.66. The minimum Gasteiger partial charge on any atom is -0.388 e. The Hall–Kier alpha value is -1.27. The van der Waals surface area contributed by atoms with Crippen LogP contribution in [0, 0.1) is 0 Å². The number of aliphatic hydroxyl groups excluding tert-OH is 1. The number of rotatable bonds is 3. The molecule has 6 heteroatoms. The minimum atomic E-state index is -0.537. The first-order valence-electron chi connectivity index (χ1n) is 4.19. The molecule has 0 bridgehead atoms. The maximum atomic E-state index is 9.76. The first-order chi connectivity index (χ1) is 6.75. The highest BCUT2D eigenvalue weighted by Gasteiger charge is 2.11. The summed E-state index contributed by atoms with van der Waals surface area (Å²) in [4.78, 5) is 1.38. The summed E-state index contributed by atoms with van der Waals surface area (Å²) in [5.74, 6) is 0.561. The minimum absolute atomic E-state index is 0.407. The molecular formula is C8H10N4OS. The van der Waals surface area contributed by atoms with Crippen molar-refractivity contribution in [2.24, 2.45) is 7.05 Å². The average molecular weight is 210 g/mol. The molecule has 0 aliphatic carbocycles. The maximum absolute atomic E-state index is 9.76. The van der Waals surface area contributed by atoms with Gasteiger partial charge in [-0.3, -0.25) is 0 Å². The Bertz CT molecular complexity index is 397. The van der Waals surface area contributed by atoms with Crippen LogP contribution in [-0.2, 0) is 13.5 Å². The van der Waals surface area contributed by atoms with Crippen LogP contribution in [0.3, 0.4) is 0 Å². The Kier molecular flexibility index (Phi) is 2.55. The number of aliphatic hydroxyl groups is 1. The van der Waals surface area contributed by atoms with Gasteiger partial charge >= 0.3 is 0 Å². The molecule has 0 radical (unpaired) electrons. The first kappa shape index (κ1) is 9.29. The lowest BCUT2D eigenvalue weighted by molar-refractivity contribution is 0.176. The van der Waals surface area contributed by atoms with Crippen LogP contribution in [0.4, 0.5) is 0 Å². The Morgan fingerprint density at radius 1 is 1.64 bits per heavy atom. The molecule has 14 heavy (non-hydrogen) atoms. The lowest BCUT2D eigenvalue weighted by atomic mass is 10.1. The molecule has 0 saturated carbocycles. The van der Waals surface area contributed by atoms with Gasteiger partial charge in [-0.1, -0.05) is 0 Å². The zero-order valence-corrected chi connectivity index (χ0v) is 8.48. The number of tetrazole rings is 1. The fourth-order valence-corrected chi connectivity index (χ4v) is 1.87. The second-order valence-corrected chi connectivity index (χ2v) is 3.75. The van der Waals surface area contributed by atoms with Crippen molar-refractivity contribution in [1.82, 2.24) is 20.2 Å². The van der Waals surface area contributed by atoms with E-state index in [1.807, 2.05) is 16.8 Å². The smallest absolute Gasteiger partial charge is 0.177 e. The molecule has 2 heterocycles. The Morgan fingerprint density at radius 3 is 3.07 bits per heavy atom. The molecule has 1 N–H and O–H groups in total. The fourth-order valence-electron chi connectivity index (χ4n) is 1.16. The van der Waals surface area contributed by atoms with Crippen LogP contribution in [0.15, 0.2) is 16.8 Å². The maximum Gasteiger partial charge on any atom is 0.177 e.